The summed E-state index contributed by atoms with van der Waals surface area (Å²) < 4.78 is 32.3. The number of nitrogens with two attached hydrogens (primary N) is 1. The Hall–Kier alpha value is -2.89. The summed E-state index contributed by atoms with van der Waals surface area (Å²) in [6, 6.07) is 12.4. The molecule has 0 saturated carbocycles. The van der Waals surface area contributed by atoms with Crippen molar-refractivity contribution in [3.05, 3.63) is 53.7 Å². The standard InChI is InChI=1S/C14H10N4O3S/c15-14-17-12-9-8-11(7-6-10-4-2-1-3-5-10)16-13(12)18(14)22(19,20)21/h1-5,8-9H,(H2,15,17)(H,19,20,21). The van der Waals surface area contributed by atoms with Crippen LogP contribution >= 0.6 is 0 Å². The lowest BCUT2D eigenvalue weighted by molar-refractivity contribution is 0.474. The number of hydrogen-bond donors (Lipinski definition) is 2. The lowest BCUT2D eigenvalue weighted by Gasteiger charge is -2.00. The molecule has 0 aliphatic heterocycles. The number of aromatic nitrogens is 3. The Balaban J connectivity index is 2.13. The highest BCUT2D eigenvalue weighted by Crippen LogP contribution is 2.17. The number of imidazole rings is 1. The summed E-state index contributed by atoms with van der Waals surface area (Å²) in [5.41, 5.74) is 6.80. The minimum atomic E-state index is -4.58. The summed E-state index contributed by atoms with van der Waals surface area (Å²) in [6.07, 6.45) is 0. The van der Waals surface area contributed by atoms with Gasteiger partial charge in [-0.15, -0.1) is 0 Å². The van der Waals surface area contributed by atoms with Crippen molar-refractivity contribution in [2.75, 3.05) is 5.73 Å². The first-order valence-electron chi connectivity index (χ1n) is 6.15. The van der Waals surface area contributed by atoms with Gasteiger partial charge in [-0.3, -0.25) is 4.55 Å². The molecule has 0 spiro atoms. The van der Waals surface area contributed by atoms with Crippen LogP contribution in [0.4, 0.5) is 5.95 Å². The van der Waals surface area contributed by atoms with Gasteiger partial charge in [0.05, 0.1) is 0 Å². The van der Waals surface area contributed by atoms with Gasteiger partial charge in [0.1, 0.15) is 11.2 Å². The zero-order valence-corrected chi connectivity index (χ0v) is 11.9. The van der Waals surface area contributed by atoms with Crippen LogP contribution in [-0.2, 0) is 10.3 Å². The molecule has 0 fully saturated rings. The second-order valence-corrected chi connectivity index (χ2v) is 5.63. The molecule has 0 amide bonds. The molecule has 0 bridgehead atoms. The van der Waals surface area contributed by atoms with Crippen LogP contribution < -0.4 is 5.73 Å². The van der Waals surface area contributed by atoms with E-state index in [1.807, 2.05) is 30.3 Å². The Morgan fingerprint density at radius 2 is 1.77 bits per heavy atom. The molecule has 1 aromatic carbocycles. The highest BCUT2D eigenvalue weighted by atomic mass is 32.2. The summed E-state index contributed by atoms with van der Waals surface area (Å²) >= 11 is 0. The van der Waals surface area contributed by atoms with Crippen molar-refractivity contribution >= 4 is 27.4 Å². The number of anilines is 1. The molecule has 3 aromatic rings. The van der Waals surface area contributed by atoms with E-state index >= 15 is 0 Å². The lowest BCUT2D eigenvalue weighted by Crippen LogP contribution is -2.14. The van der Waals surface area contributed by atoms with E-state index in [1.54, 1.807) is 6.07 Å². The maximum Gasteiger partial charge on any atom is 0.368 e. The molecule has 0 aliphatic rings. The zero-order valence-electron chi connectivity index (χ0n) is 11.1. The van der Waals surface area contributed by atoms with Crippen molar-refractivity contribution in [1.29, 1.82) is 0 Å². The van der Waals surface area contributed by atoms with Gasteiger partial charge in [-0.1, -0.05) is 24.1 Å². The van der Waals surface area contributed by atoms with Gasteiger partial charge in [-0.25, -0.2) is 9.97 Å². The van der Waals surface area contributed by atoms with E-state index in [1.165, 1.54) is 6.07 Å². The van der Waals surface area contributed by atoms with Crippen LogP contribution in [-0.4, -0.2) is 26.9 Å². The highest BCUT2D eigenvalue weighted by molar-refractivity contribution is 7.84. The molecule has 110 valence electrons. The van der Waals surface area contributed by atoms with E-state index in [0.717, 1.165) is 5.56 Å². The molecule has 22 heavy (non-hydrogen) atoms. The number of fused-ring (bicyclic) bond motifs is 1. The van der Waals surface area contributed by atoms with Gasteiger partial charge in [0.2, 0.25) is 5.95 Å². The first-order valence-corrected chi connectivity index (χ1v) is 7.55. The fourth-order valence-corrected chi connectivity index (χ4v) is 2.54. The fraction of sp³-hybridized carbons (Fsp3) is 0. The maximum absolute atomic E-state index is 11.3. The average Bonchev–Trinajstić information content (AvgIpc) is 2.81. The Labute approximate surface area is 126 Å². The molecule has 0 unspecified atom stereocenters. The summed E-state index contributed by atoms with van der Waals surface area (Å²) in [6.45, 7) is 0. The predicted molar refractivity (Wildman–Crippen MR) is 81.3 cm³/mol. The molecule has 3 N–H and O–H groups in total. The van der Waals surface area contributed by atoms with Crippen molar-refractivity contribution in [3.63, 3.8) is 0 Å². The molecule has 7 nitrogen and oxygen atoms in total. The molecule has 0 radical (unpaired) electrons. The molecule has 2 aromatic heterocycles. The number of nitrogen functional groups attached to an aromatic ring is 1. The molecule has 8 heteroatoms. The number of pyridine rings is 1. The third kappa shape index (κ3) is 2.63. The monoisotopic (exact) mass is 314 g/mol. The first kappa shape index (κ1) is 14.1. The van der Waals surface area contributed by atoms with Crippen molar-refractivity contribution in [2.24, 2.45) is 0 Å². The van der Waals surface area contributed by atoms with Crippen LogP contribution in [0, 0.1) is 11.8 Å². The van der Waals surface area contributed by atoms with E-state index in [-0.39, 0.29) is 17.1 Å². The van der Waals surface area contributed by atoms with E-state index in [4.69, 9.17) is 5.73 Å². The second-order valence-electron chi connectivity index (χ2n) is 4.37. The van der Waals surface area contributed by atoms with E-state index in [0.29, 0.717) is 9.67 Å². The van der Waals surface area contributed by atoms with Gasteiger partial charge in [-0.2, -0.15) is 12.4 Å². The van der Waals surface area contributed by atoms with Gasteiger partial charge >= 0.3 is 10.3 Å². The molecule has 2 heterocycles. The zero-order chi connectivity index (χ0) is 15.7. The Morgan fingerprint density at radius 3 is 2.45 bits per heavy atom. The van der Waals surface area contributed by atoms with Crippen LogP contribution in [0.3, 0.4) is 0 Å². The van der Waals surface area contributed by atoms with Gasteiger partial charge in [-0.05, 0) is 30.2 Å². The molecule has 0 saturated heterocycles. The van der Waals surface area contributed by atoms with Gasteiger partial charge in [0.25, 0.3) is 0 Å². The number of benzene rings is 1. The quantitative estimate of drug-likeness (QED) is 0.513. The highest BCUT2D eigenvalue weighted by Gasteiger charge is 2.19. The SMILES string of the molecule is Nc1nc2ccc(C#Cc3ccccc3)nc2n1S(=O)(=O)O. The number of rotatable bonds is 1. The van der Waals surface area contributed by atoms with E-state index in [9.17, 15) is 13.0 Å². The Morgan fingerprint density at radius 1 is 1.05 bits per heavy atom. The molecule has 0 atom stereocenters. The summed E-state index contributed by atoms with van der Waals surface area (Å²) in [5, 5.41) is 0. The third-order valence-corrected chi connectivity index (χ3v) is 3.65. The molecule has 3 rings (SSSR count). The predicted octanol–water partition coefficient (Wildman–Crippen LogP) is 1.06. The maximum atomic E-state index is 11.3. The smallest absolute Gasteiger partial charge is 0.368 e. The van der Waals surface area contributed by atoms with Crippen LogP contribution in [0.1, 0.15) is 11.3 Å². The third-order valence-electron chi connectivity index (χ3n) is 2.83. The fourth-order valence-electron chi connectivity index (χ4n) is 1.91. The van der Waals surface area contributed by atoms with Crippen molar-refractivity contribution in [2.45, 2.75) is 0 Å². The van der Waals surface area contributed by atoms with Crippen LogP contribution in [0.2, 0.25) is 0 Å². The van der Waals surface area contributed by atoms with Gasteiger partial charge in [0.15, 0.2) is 5.65 Å². The Bertz CT molecular complexity index is 1010. The average molecular weight is 314 g/mol. The van der Waals surface area contributed by atoms with Gasteiger partial charge in [0, 0.05) is 5.56 Å². The molecule has 0 aliphatic carbocycles. The van der Waals surface area contributed by atoms with Crippen molar-refractivity contribution in [3.8, 4) is 11.8 Å². The summed E-state index contributed by atoms with van der Waals surface area (Å²) in [5.74, 6) is 5.36. The van der Waals surface area contributed by atoms with Crippen LogP contribution in [0.5, 0.6) is 0 Å². The molecular weight excluding hydrogens is 304 g/mol. The normalized spacial score (nSPS) is 11.1. The van der Waals surface area contributed by atoms with Gasteiger partial charge < -0.3 is 5.73 Å². The number of hydrogen-bond acceptors (Lipinski definition) is 5. The summed E-state index contributed by atoms with van der Waals surface area (Å²) in [4.78, 5) is 7.92. The minimum Gasteiger partial charge on any atom is -0.368 e. The van der Waals surface area contributed by atoms with Crippen molar-refractivity contribution in [1.82, 2.24) is 13.9 Å². The lowest BCUT2D eigenvalue weighted by atomic mass is 10.2. The Kier molecular flexibility index (Phi) is 3.29. The number of nitrogens with zero attached hydrogens (tertiary/aromatic N) is 3. The van der Waals surface area contributed by atoms with Crippen molar-refractivity contribution < 1.29 is 13.0 Å². The van der Waals surface area contributed by atoms with E-state index in [2.05, 4.69) is 21.8 Å². The van der Waals surface area contributed by atoms with Crippen LogP contribution in [0.25, 0.3) is 11.2 Å². The van der Waals surface area contributed by atoms with Crippen LogP contribution in [0.15, 0.2) is 42.5 Å². The first-order chi connectivity index (χ1) is 10.4. The van der Waals surface area contributed by atoms with E-state index < -0.39 is 10.3 Å². The molecular formula is C14H10N4O3S. The topological polar surface area (TPSA) is 111 Å². The summed E-state index contributed by atoms with van der Waals surface area (Å²) in [7, 11) is -4.58. The largest absolute Gasteiger partial charge is 0.368 e. The minimum absolute atomic E-state index is 0.0696. The second kappa shape index (κ2) is 5.14.